The summed E-state index contributed by atoms with van der Waals surface area (Å²) >= 11 is 0. The van der Waals surface area contributed by atoms with Crippen molar-refractivity contribution < 1.29 is 68.6 Å². The Morgan fingerprint density at radius 3 is 2.20 bits per heavy atom. The van der Waals surface area contributed by atoms with E-state index in [9.17, 15) is 40.2 Å². The number of aromatic carboxylic acids is 1. The summed E-state index contributed by atoms with van der Waals surface area (Å²) in [5.74, 6) is -4.28. The molecule has 49 heavy (non-hydrogen) atoms. The Hall–Kier alpha value is -4.96. The van der Waals surface area contributed by atoms with Crippen molar-refractivity contribution in [2.24, 2.45) is 0 Å². The van der Waals surface area contributed by atoms with Crippen molar-refractivity contribution >= 4 is 17.6 Å². The lowest BCUT2D eigenvalue weighted by molar-refractivity contribution is -0.277. The van der Waals surface area contributed by atoms with E-state index in [1.54, 1.807) is 6.92 Å². The van der Waals surface area contributed by atoms with Crippen LogP contribution < -0.4 is 24.3 Å². The number of hydrogen-bond donors (Lipinski definition) is 7. The van der Waals surface area contributed by atoms with Gasteiger partial charge in [-0.2, -0.15) is 0 Å². The van der Waals surface area contributed by atoms with Crippen LogP contribution in [0.15, 0.2) is 42.5 Å². The molecule has 1 aliphatic rings. The minimum atomic E-state index is -1.82. The van der Waals surface area contributed by atoms with E-state index in [4.69, 9.17) is 28.4 Å². The van der Waals surface area contributed by atoms with Gasteiger partial charge >= 0.3 is 11.9 Å². The predicted octanol–water partition coefficient (Wildman–Crippen LogP) is 2.47. The third-order valence-electron chi connectivity index (χ3n) is 7.86. The van der Waals surface area contributed by atoms with Crippen LogP contribution in [0, 0.1) is 0 Å². The quantitative estimate of drug-likeness (QED) is 0.114. The number of nitrogens with one attached hydrogen (secondary N) is 1. The standard InChI is InChI=1S/C34H41NO14/c1-5-17-8-7-9-18(12-17)10-11-46-31-26(36)20(14-24(45-4)28(31)38)33(43)47-16-25-27(37)29(39)30(40)34(49-25)48-23-15-21(35-6-2)19(32(41)42)13-22(23)44-3/h7-9,12-15,25,27,29-30,34-40H,5-6,10-11,16H2,1-4H3,(H,41,42). The number of ether oxygens (including phenoxy) is 6. The Balaban J connectivity index is 1.49. The summed E-state index contributed by atoms with van der Waals surface area (Å²) in [5.41, 5.74) is 1.74. The second kappa shape index (κ2) is 16.4. The van der Waals surface area contributed by atoms with Gasteiger partial charge in [-0.05, 0) is 24.5 Å². The lowest BCUT2D eigenvalue weighted by Gasteiger charge is -2.40. The van der Waals surface area contributed by atoms with Gasteiger partial charge in [0, 0.05) is 31.2 Å². The van der Waals surface area contributed by atoms with Gasteiger partial charge in [0.2, 0.25) is 17.8 Å². The van der Waals surface area contributed by atoms with Crippen molar-refractivity contribution in [2.45, 2.75) is 57.4 Å². The number of rotatable bonds is 15. The number of carbonyl (C=O) groups excluding carboxylic acids is 1. The smallest absolute Gasteiger partial charge is 0.342 e. The van der Waals surface area contributed by atoms with E-state index >= 15 is 0 Å². The van der Waals surface area contributed by atoms with Crippen LogP contribution in [0.3, 0.4) is 0 Å². The molecule has 0 amide bonds. The highest BCUT2D eigenvalue weighted by atomic mass is 16.7. The van der Waals surface area contributed by atoms with Gasteiger partial charge in [-0.25, -0.2) is 9.59 Å². The summed E-state index contributed by atoms with van der Waals surface area (Å²) in [4.78, 5) is 24.9. The average molecular weight is 688 g/mol. The van der Waals surface area contributed by atoms with Gasteiger partial charge in [0.05, 0.1) is 32.1 Å². The van der Waals surface area contributed by atoms with Crippen LogP contribution in [0.25, 0.3) is 0 Å². The molecule has 3 aromatic rings. The van der Waals surface area contributed by atoms with E-state index in [0.717, 1.165) is 23.6 Å². The normalized spacial score (nSPS) is 20.3. The Morgan fingerprint density at radius 1 is 0.857 bits per heavy atom. The van der Waals surface area contributed by atoms with Gasteiger partial charge < -0.3 is 64.4 Å². The van der Waals surface area contributed by atoms with Crippen LogP contribution in [0.2, 0.25) is 0 Å². The average Bonchev–Trinajstić information content (AvgIpc) is 3.09. The number of anilines is 1. The van der Waals surface area contributed by atoms with Crippen molar-refractivity contribution in [3.63, 3.8) is 0 Å². The third-order valence-corrected chi connectivity index (χ3v) is 7.86. The Bertz CT molecular complexity index is 1630. The number of aliphatic hydroxyl groups excluding tert-OH is 3. The minimum absolute atomic E-state index is 0.0253. The minimum Gasteiger partial charge on any atom is -0.504 e. The lowest BCUT2D eigenvalue weighted by atomic mass is 9.99. The molecule has 5 unspecified atom stereocenters. The molecular weight excluding hydrogens is 646 g/mol. The van der Waals surface area contributed by atoms with Crippen LogP contribution in [0.1, 0.15) is 45.7 Å². The summed E-state index contributed by atoms with van der Waals surface area (Å²) in [6.45, 7) is 3.51. The molecule has 5 atom stereocenters. The Labute approximate surface area is 282 Å². The second-order valence-corrected chi connectivity index (χ2v) is 11.0. The van der Waals surface area contributed by atoms with Crippen molar-refractivity contribution in [2.75, 3.05) is 39.3 Å². The molecule has 1 fully saturated rings. The van der Waals surface area contributed by atoms with E-state index in [2.05, 4.69) is 5.32 Å². The summed E-state index contributed by atoms with van der Waals surface area (Å²) < 4.78 is 32.8. The maximum atomic E-state index is 13.2. The topological polar surface area (TPSA) is 223 Å². The zero-order valence-corrected chi connectivity index (χ0v) is 27.4. The fourth-order valence-corrected chi connectivity index (χ4v) is 5.18. The molecule has 0 bridgehead atoms. The van der Waals surface area contributed by atoms with Gasteiger partial charge in [0.25, 0.3) is 0 Å². The van der Waals surface area contributed by atoms with Crippen LogP contribution in [0.4, 0.5) is 5.69 Å². The maximum Gasteiger partial charge on any atom is 0.342 e. The Kier molecular flexibility index (Phi) is 12.4. The summed E-state index contributed by atoms with van der Waals surface area (Å²) in [5, 5.41) is 65.9. The molecule has 1 aliphatic heterocycles. The van der Waals surface area contributed by atoms with E-state index in [1.165, 1.54) is 26.4 Å². The molecule has 0 aromatic heterocycles. The number of carboxylic acids is 1. The largest absolute Gasteiger partial charge is 0.504 e. The van der Waals surface area contributed by atoms with E-state index in [0.29, 0.717) is 13.0 Å². The zero-order chi connectivity index (χ0) is 35.8. The van der Waals surface area contributed by atoms with Gasteiger partial charge in [-0.3, -0.25) is 0 Å². The van der Waals surface area contributed by atoms with E-state index < -0.39 is 72.1 Å². The number of esters is 1. The molecule has 3 aromatic carbocycles. The van der Waals surface area contributed by atoms with Gasteiger partial charge in [0.1, 0.15) is 36.6 Å². The second-order valence-electron chi connectivity index (χ2n) is 11.0. The number of phenolic OH excluding ortho intramolecular Hbond substituents is 2. The fourth-order valence-electron chi connectivity index (χ4n) is 5.18. The van der Waals surface area contributed by atoms with Gasteiger partial charge in [-0.15, -0.1) is 0 Å². The Morgan fingerprint density at radius 2 is 1.55 bits per heavy atom. The predicted molar refractivity (Wildman–Crippen MR) is 173 cm³/mol. The SMILES string of the molecule is CCNc1cc(OC2OC(COC(=O)c3cc(OC)c(O)c(OCCc4cccc(CC)c4)c3O)C(O)C(O)C2O)c(OC)cc1C(=O)O. The summed E-state index contributed by atoms with van der Waals surface area (Å²) in [6, 6.07) is 11.4. The van der Waals surface area contributed by atoms with E-state index in [-0.39, 0.29) is 35.1 Å². The number of aromatic hydroxyl groups is 2. The number of aryl methyl sites for hydroxylation is 1. The number of carboxylic acid groups (broad SMARTS) is 1. The molecule has 15 heteroatoms. The number of hydrogen-bond acceptors (Lipinski definition) is 14. The molecule has 0 aliphatic carbocycles. The molecule has 0 spiro atoms. The first kappa shape index (κ1) is 36.9. The van der Waals surface area contributed by atoms with Crippen molar-refractivity contribution in [1.29, 1.82) is 0 Å². The van der Waals surface area contributed by atoms with E-state index in [1.807, 2.05) is 31.2 Å². The highest BCUT2D eigenvalue weighted by Crippen LogP contribution is 2.46. The number of methoxy groups -OCH3 is 2. The molecule has 7 N–H and O–H groups in total. The van der Waals surface area contributed by atoms with Crippen LogP contribution in [-0.4, -0.2) is 107 Å². The van der Waals surface area contributed by atoms with Gasteiger partial charge in [-0.1, -0.05) is 31.2 Å². The molecule has 1 saturated heterocycles. The summed E-state index contributed by atoms with van der Waals surface area (Å²) in [6.07, 6.45) is -7.15. The molecular formula is C34H41NO14. The molecule has 0 saturated carbocycles. The van der Waals surface area contributed by atoms with Gasteiger partial charge in [0.15, 0.2) is 23.0 Å². The number of phenols is 2. The first-order valence-electron chi connectivity index (χ1n) is 15.5. The van der Waals surface area contributed by atoms with Crippen LogP contribution >= 0.6 is 0 Å². The monoisotopic (exact) mass is 687 g/mol. The molecule has 266 valence electrons. The third kappa shape index (κ3) is 8.37. The molecule has 4 rings (SSSR count). The highest BCUT2D eigenvalue weighted by molar-refractivity contribution is 5.96. The molecule has 0 radical (unpaired) electrons. The zero-order valence-electron chi connectivity index (χ0n) is 27.4. The number of benzene rings is 3. The van der Waals surface area contributed by atoms with Crippen LogP contribution in [0.5, 0.6) is 34.5 Å². The van der Waals surface area contributed by atoms with Crippen LogP contribution in [-0.2, 0) is 22.3 Å². The van der Waals surface area contributed by atoms with Crippen molar-refractivity contribution in [3.8, 4) is 34.5 Å². The summed E-state index contributed by atoms with van der Waals surface area (Å²) in [7, 11) is 2.51. The number of carbonyl (C=O) groups is 2. The first-order valence-corrected chi connectivity index (χ1v) is 15.5. The lowest BCUT2D eigenvalue weighted by Crippen LogP contribution is -2.60. The number of aliphatic hydroxyl groups is 3. The fraction of sp³-hybridized carbons (Fsp3) is 0.412. The maximum absolute atomic E-state index is 13.2. The molecule has 15 nitrogen and oxygen atoms in total. The van der Waals surface area contributed by atoms with Crippen molar-refractivity contribution in [1.82, 2.24) is 0 Å². The first-order chi connectivity index (χ1) is 23.4. The molecule has 1 heterocycles. The highest BCUT2D eigenvalue weighted by Gasteiger charge is 2.46. The van der Waals surface area contributed by atoms with Crippen molar-refractivity contribution in [3.05, 3.63) is 64.7 Å².